The average Bonchev–Trinajstić information content (AvgIpc) is 2.86. The van der Waals surface area contributed by atoms with Crippen LogP contribution in [0.3, 0.4) is 0 Å². The Morgan fingerprint density at radius 1 is 1.29 bits per heavy atom. The van der Waals surface area contributed by atoms with Crippen molar-refractivity contribution in [3.8, 4) is 10.0 Å². The van der Waals surface area contributed by atoms with Crippen molar-refractivity contribution in [3.05, 3.63) is 22.1 Å². The van der Waals surface area contributed by atoms with Crippen molar-refractivity contribution in [2.75, 3.05) is 0 Å². The van der Waals surface area contributed by atoms with Gasteiger partial charge < -0.3 is 5.11 Å². The molecule has 0 saturated heterocycles. The summed E-state index contributed by atoms with van der Waals surface area (Å²) in [5.74, 6) is 0. The van der Waals surface area contributed by atoms with E-state index < -0.39 is 0 Å². The van der Waals surface area contributed by atoms with Gasteiger partial charge in [0.05, 0.1) is 16.4 Å². The van der Waals surface area contributed by atoms with Crippen LogP contribution in [0, 0.1) is 0 Å². The highest BCUT2D eigenvalue weighted by Gasteiger charge is 2.08. The normalized spacial score (nSPS) is 10.4. The lowest BCUT2D eigenvalue weighted by Gasteiger charge is -1.84. The van der Waals surface area contributed by atoms with Crippen LogP contribution in [0.25, 0.3) is 10.0 Å². The molecule has 2 aromatic heterocycles. The molecule has 1 N–H and O–H groups in total. The zero-order chi connectivity index (χ0) is 9.97. The van der Waals surface area contributed by atoms with Crippen LogP contribution in [0.1, 0.15) is 14.5 Å². The van der Waals surface area contributed by atoms with E-state index in [1.165, 1.54) is 28.9 Å². The number of hydrogen-bond donors (Lipinski definition) is 1. The van der Waals surface area contributed by atoms with Crippen LogP contribution in [0.2, 0.25) is 0 Å². The van der Waals surface area contributed by atoms with Crippen LogP contribution in [-0.4, -0.2) is 21.4 Å². The number of thiazole rings is 2. The lowest BCUT2D eigenvalue weighted by molar-refractivity contribution is 0.112. The molecule has 2 aromatic rings. The molecule has 0 bridgehead atoms. The summed E-state index contributed by atoms with van der Waals surface area (Å²) in [6, 6.07) is 0. The Bertz CT molecular complexity index is 450. The number of aliphatic hydroxyl groups excluding tert-OH is 1. The third kappa shape index (κ3) is 1.72. The van der Waals surface area contributed by atoms with Gasteiger partial charge in [0.1, 0.15) is 0 Å². The first-order valence-electron chi connectivity index (χ1n) is 3.80. The summed E-state index contributed by atoms with van der Waals surface area (Å²) in [6.07, 6.45) is 3.90. The van der Waals surface area contributed by atoms with E-state index in [1.54, 1.807) is 6.20 Å². The molecule has 2 heterocycles. The molecular formula is C8H6N2O2S2. The molecular weight excluding hydrogens is 220 g/mol. The molecule has 0 amide bonds. The van der Waals surface area contributed by atoms with E-state index in [-0.39, 0.29) is 6.61 Å². The highest BCUT2D eigenvalue weighted by Crippen LogP contribution is 2.28. The third-order valence-corrected chi connectivity index (χ3v) is 3.58. The van der Waals surface area contributed by atoms with Crippen LogP contribution < -0.4 is 0 Å². The molecule has 0 unspecified atom stereocenters. The van der Waals surface area contributed by atoms with E-state index in [9.17, 15) is 4.79 Å². The second-order valence-electron chi connectivity index (χ2n) is 2.48. The molecule has 2 rings (SSSR count). The maximum Gasteiger partial charge on any atom is 0.161 e. The zero-order valence-electron chi connectivity index (χ0n) is 7.01. The molecule has 0 atom stereocenters. The summed E-state index contributed by atoms with van der Waals surface area (Å²) in [7, 11) is 0. The third-order valence-electron chi connectivity index (χ3n) is 1.53. The van der Waals surface area contributed by atoms with E-state index >= 15 is 0 Å². The van der Waals surface area contributed by atoms with E-state index in [2.05, 4.69) is 9.97 Å². The highest BCUT2D eigenvalue weighted by atomic mass is 32.1. The molecule has 0 fully saturated rings. The number of aromatic nitrogens is 2. The molecule has 0 aliphatic heterocycles. The Hall–Kier alpha value is -1.11. The second-order valence-corrected chi connectivity index (χ2v) is 4.65. The predicted molar refractivity (Wildman–Crippen MR) is 54.5 cm³/mol. The fraction of sp³-hybridized carbons (Fsp3) is 0.125. The first-order valence-corrected chi connectivity index (χ1v) is 5.43. The Morgan fingerprint density at radius 3 is 2.57 bits per heavy atom. The smallest absolute Gasteiger partial charge is 0.161 e. The molecule has 0 spiro atoms. The second kappa shape index (κ2) is 3.95. The average molecular weight is 226 g/mol. The van der Waals surface area contributed by atoms with E-state index in [1.807, 2.05) is 0 Å². The fourth-order valence-electron chi connectivity index (χ4n) is 0.919. The minimum Gasteiger partial charge on any atom is -0.391 e. The summed E-state index contributed by atoms with van der Waals surface area (Å²) < 4.78 is 0. The summed E-state index contributed by atoms with van der Waals surface area (Å²) in [4.78, 5) is 20.0. The van der Waals surface area contributed by atoms with Gasteiger partial charge >= 0.3 is 0 Å². The topological polar surface area (TPSA) is 63.1 Å². The minimum absolute atomic E-state index is 0.0103. The van der Waals surface area contributed by atoms with Crippen LogP contribution >= 0.6 is 22.7 Å². The van der Waals surface area contributed by atoms with Crippen molar-refractivity contribution in [1.82, 2.24) is 9.97 Å². The number of aliphatic hydroxyl groups is 1. The Kier molecular flexibility index (Phi) is 2.67. The van der Waals surface area contributed by atoms with Crippen molar-refractivity contribution in [2.45, 2.75) is 6.61 Å². The molecule has 0 radical (unpaired) electrons. The number of carbonyl (C=O) groups is 1. The molecule has 0 saturated carbocycles. The van der Waals surface area contributed by atoms with Crippen molar-refractivity contribution < 1.29 is 9.90 Å². The summed E-state index contributed by atoms with van der Waals surface area (Å²) >= 11 is 2.68. The van der Waals surface area contributed by atoms with Crippen LogP contribution in [0.4, 0.5) is 0 Å². The van der Waals surface area contributed by atoms with Gasteiger partial charge in [-0.1, -0.05) is 0 Å². The maximum atomic E-state index is 10.4. The lowest BCUT2D eigenvalue weighted by atomic mass is 10.6. The Labute approximate surface area is 87.9 Å². The van der Waals surface area contributed by atoms with Gasteiger partial charge in [-0.15, -0.1) is 22.7 Å². The quantitative estimate of drug-likeness (QED) is 0.807. The van der Waals surface area contributed by atoms with E-state index in [4.69, 9.17) is 5.11 Å². The van der Waals surface area contributed by atoms with Crippen LogP contribution in [0.5, 0.6) is 0 Å². The standard InChI is InChI=1S/C8H6N2O2S2/c11-3-5-1-9-7(13-5)8-10-2-6(4-12)14-8/h1-3,12H,4H2. The summed E-state index contributed by atoms with van der Waals surface area (Å²) in [5.41, 5.74) is 0. The molecule has 14 heavy (non-hydrogen) atoms. The molecule has 0 aliphatic rings. The van der Waals surface area contributed by atoms with Gasteiger partial charge in [0.15, 0.2) is 16.3 Å². The molecule has 0 aromatic carbocycles. The first kappa shape index (κ1) is 9.45. The van der Waals surface area contributed by atoms with Gasteiger partial charge in [0, 0.05) is 12.4 Å². The predicted octanol–water partition coefficient (Wildman–Crippen LogP) is 1.57. The molecule has 6 heteroatoms. The van der Waals surface area contributed by atoms with Gasteiger partial charge in [0.2, 0.25) is 0 Å². The van der Waals surface area contributed by atoms with Crippen LogP contribution in [-0.2, 0) is 6.61 Å². The van der Waals surface area contributed by atoms with E-state index in [0.717, 1.165) is 21.2 Å². The van der Waals surface area contributed by atoms with Crippen molar-refractivity contribution in [3.63, 3.8) is 0 Å². The van der Waals surface area contributed by atoms with E-state index in [0.29, 0.717) is 4.88 Å². The molecule has 4 nitrogen and oxygen atoms in total. The maximum absolute atomic E-state index is 10.4. The van der Waals surface area contributed by atoms with Gasteiger partial charge in [-0.3, -0.25) is 4.79 Å². The van der Waals surface area contributed by atoms with Gasteiger partial charge in [-0.25, -0.2) is 9.97 Å². The SMILES string of the molecule is O=Cc1cnc(-c2ncc(CO)s2)s1. The van der Waals surface area contributed by atoms with Gasteiger partial charge in [0.25, 0.3) is 0 Å². The molecule has 72 valence electrons. The Morgan fingerprint density at radius 2 is 2.00 bits per heavy atom. The summed E-state index contributed by atoms with van der Waals surface area (Å²) in [6.45, 7) is -0.0103. The number of nitrogens with zero attached hydrogens (tertiary/aromatic N) is 2. The summed E-state index contributed by atoms with van der Waals surface area (Å²) in [5, 5.41) is 10.3. The van der Waals surface area contributed by atoms with Crippen molar-refractivity contribution in [2.24, 2.45) is 0 Å². The van der Waals surface area contributed by atoms with Gasteiger partial charge in [-0.2, -0.15) is 0 Å². The first-order chi connectivity index (χ1) is 6.83. The largest absolute Gasteiger partial charge is 0.391 e. The van der Waals surface area contributed by atoms with Crippen molar-refractivity contribution >= 4 is 29.0 Å². The number of carbonyl (C=O) groups excluding carboxylic acids is 1. The molecule has 0 aliphatic carbocycles. The van der Waals surface area contributed by atoms with Gasteiger partial charge in [-0.05, 0) is 0 Å². The zero-order valence-corrected chi connectivity index (χ0v) is 8.64. The number of rotatable bonds is 3. The Balaban J connectivity index is 2.33. The lowest BCUT2D eigenvalue weighted by Crippen LogP contribution is -1.70. The van der Waals surface area contributed by atoms with Crippen molar-refractivity contribution in [1.29, 1.82) is 0 Å². The highest BCUT2D eigenvalue weighted by molar-refractivity contribution is 7.22. The van der Waals surface area contributed by atoms with Crippen LogP contribution in [0.15, 0.2) is 12.4 Å². The number of aldehydes is 1. The number of hydrogen-bond acceptors (Lipinski definition) is 6. The fourth-order valence-corrected chi connectivity index (χ4v) is 2.46. The monoisotopic (exact) mass is 226 g/mol. The minimum atomic E-state index is -0.0103.